The topological polar surface area (TPSA) is 114 Å². The molecular weight excluding hydrogens is 397 g/mol. The number of carbonyl (C=O) groups excluding carboxylic acids is 1. The molecule has 1 unspecified atom stereocenters. The van der Waals surface area contributed by atoms with Gasteiger partial charge in [-0.1, -0.05) is 31.2 Å². The van der Waals surface area contributed by atoms with Crippen LogP contribution in [0.3, 0.4) is 0 Å². The minimum absolute atomic E-state index is 0.112. The number of nitrogens with two attached hydrogens (primary N) is 1. The highest BCUT2D eigenvalue weighted by molar-refractivity contribution is 7.90. The number of halogens is 1. The van der Waals surface area contributed by atoms with Crippen LogP contribution in [0.5, 0.6) is 5.75 Å². The molecule has 0 amide bonds. The lowest BCUT2D eigenvalue weighted by atomic mass is 9.97. The Bertz CT molecular complexity index is 1140. The minimum atomic E-state index is -3.87. The Hall–Kier alpha value is -3.17. The molecule has 1 heterocycles. The van der Waals surface area contributed by atoms with Gasteiger partial charge in [0.1, 0.15) is 11.6 Å². The van der Waals surface area contributed by atoms with Crippen molar-refractivity contribution in [1.29, 1.82) is 0 Å². The van der Waals surface area contributed by atoms with E-state index in [9.17, 15) is 17.6 Å². The number of para-hydroxylation sites is 1. The third-order valence-electron chi connectivity index (χ3n) is 4.50. The molecule has 0 spiro atoms. The Labute approximate surface area is 167 Å². The highest BCUT2D eigenvalue weighted by Gasteiger charge is 2.22. The van der Waals surface area contributed by atoms with Crippen molar-refractivity contribution in [2.24, 2.45) is 5.14 Å². The summed E-state index contributed by atoms with van der Waals surface area (Å²) < 4.78 is 44.1. The molecular formula is C20H20FN3O4S. The third kappa shape index (κ3) is 4.64. The summed E-state index contributed by atoms with van der Waals surface area (Å²) in [6, 6.07) is 14.2. The Morgan fingerprint density at radius 1 is 1.17 bits per heavy atom. The van der Waals surface area contributed by atoms with Gasteiger partial charge >= 0.3 is 0 Å². The summed E-state index contributed by atoms with van der Waals surface area (Å²) in [4.78, 5) is 15.6. The number of methoxy groups -OCH3 is 1. The van der Waals surface area contributed by atoms with E-state index in [-0.39, 0.29) is 17.2 Å². The number of nitrogens with one attached hydrogen (secondary N) is 2. The molecule has 9 heteroatoms. The summed E-state index contributed by atoms with van der Waals surface area (Å²) >= 11 is 0. The number of aromatic nitrogens is 1. The van der Waals surface area contributed by atoms with E-state index in [4.69, 9.17) is 9.88 Å². The van der Waals surface area contributed by atoms with Crippen molar-refractivity contribution in [3.63, 3.8) is 0 Å². The van der Waals surface area contributed by atoms with Gasteiger partial charge in [-0.15, -0.1) is 0 Å². The van der Waals surface area contributed by atoms with Gasteiger partial charge in [0.25, 0.3) is 10.2 Å². The molecule has 1 atom stereocenters. The molecule has 0 saturated heterocycles. The average molecular weight is 417 g/mol. The number of ketones is 1. The van der Waals surface area contributed by atoms with Gasteiger partial charge in [0.05, 0.1) is 24.1 Å². The predicted octanol–water partition coefficient (Wildman–Crippen LogP) is 3.16. The van der Waals surface area contributed by atoms with Gasteiger partial charge in [0.15, 0.2) is 0 Å². The zero-order valence-electron chi connectivity index (χ0n) is 15.8. The second-order valence-electron chi connectivity index (χ2n) is 6.46. The summed E-state index contributed by atoms with van der Waals surface area (Å²) in [6.07, 6.45) is 0. The largest absolute Gasteiger partial charge is 0.496 e. The molecule has 152 valence electrons. The van der Waals surface area contributed by atoms with Gasteiger partial charge in [-0.25, -0.2) is 9.53 Å². The van der Waals surface area contributed by atoms with Gasteiger partial charge in [-0.3, -0.25) is 9.52 Å². The van der Waals surface area contributed by atoms with Crippen molar-refractivity contribution >= 4 is 21.7 Å². The van der Waals surface area contributed by atoms with E-state index in [1.54, 1.807) is 43.3 Å². The first-order valence-electron chi connectivity index (χ1n) is 8.66. The lowest BCUT2D eigenvalue weighted by Crippen LogP contribution is -2.21. The fourth-order valence-corrected chi connectivity index (χ4v) is 3.50. The fraction of sp³-hybridized carbons (Fsp3) is 0.150. The second-order valence-corrected chi connectivity index (χ2v) is 7.76. The average Bonchev–Trinajstić information content (AvgIpc) is 3.08. The quantitative estimate of drug-likeness (QED) is 0.512. The fourth-order valence-electron chi connectivity index (χ4n) is 3.03. The van der Waals surface area contributed by atoms with Crippen LogP contribution in [0.4, 0.5) is 10.1 Å². The van der Waals surface area contributed by atoms with Crippen molar-refractivity contribution in [3.8, 4) is 5.75 Å². The number of H-pyrrole nitrogens is 1. The summed E-state index contributed by atoms with van der Waals surface area (Å²) in [5, 5.41) is 4.94. The van der Waals surface area contributed by atoms with E-state index in [1.165, 1.54) is 19.2 Å². The van der Waals surface area contributed by atoms with E-state index < -0.39 is 21.9 Å². The van der Waals surface area contributed by atoms with E-state index >= 15 is 0 Å². The van der Waals surface area contributed by atoms with Gasteiger partial charge in [0, 0.05) is 17.7 Å². The van der Waals surface area contributed by atoms with Crippen LogP contribution in [0.1, 0.15) is 40.2 Å². The standard InChI is InChI=1S/C20H20FN3O4S/c1-12(13-7-9-14(10-8-13)24-29(22,26)27)19-16(21)11-17(23-19)20(25)15-5-3-4-6-18(15)28-2/h3-12,23-24H,1-2H3,(H2,22,26,27). The monoisotopic (exact) mass is 417 g/mol. The maximum absolute atomic E-state index is 14.6. The molecule has 0 aliphatic heterocycles. The van der Waals surface area contributed by atoms with Crippen LogP contribution < -0.4 is 14.6 Å². The summed E-state index contributed by atoms with van der Waals surface area (Å²) in [5.74, 6) is -0.923. The lowest BCUT2D eigenvalue weighted by Gasteiger charge is -2.12. The van der Waals surface area contributed by atoms with Crippen LogP contribution in [-0.2, 0) is 10.2 Å². The summed E-state index contributed by atoms with van der Waals surface area (Å²) in [6.45, 7) is 1.77. The molecule has 3 rings (SSSR count). The van der Waals surface area contributed by atoms with Gasteiger partial charge in [-0.2, -0.15) is 8.42 Å². The number of hydrogen-bond acceptors (Lipinski definition) is 4. The van der Waals surface area contributed by atoms with Crippen LogP contribution in [0.2, 0.25) is 0 Å². The van der Waals surface area contributed by atoms with Crippen LogP contribution in [0, 0.1) is 5.82 Å². The number of carbonyl (C=O) groups is 1. The molecule has 29 heavy (non-hydrogen) atoms. The summed E-state index contributed by atoms with van der Waals surface area (Å²) in [5.41, 5.74) is 1.70. The number of benzene rings is 2. The van der Waals surface area contributed by atoms with Crippen molar-refractivity contribution in [2.75, 3.05) is 11.8 Å². The lowest BCUT2D eigenvalue weighted by molar-refractivity contribution is 0.103. The molecule has 0 radical (unpaired) electrons. The van der Waals surface area contributed by atoms with E-state index in [1.807, 2.05) is 0 Å². The SMILES string of the molecule is COc1ccccc1C(=O)c1cc(F)c(C(C)c2ccc(NS(N)(=O)=O)cc2)[nH]1. The predicted molar refractivity (Wildman–Crippen MR) is 108 cm³/mol. The van der Waals surface area contributed by atoms with Crippen molar-refractivity contribution in [2.45, 2.75) is 12.8 Å². The maximum Gasteiger partial charge on any atom is 0.296 e. The molecule has 3 aromatic rings. The minimum Gasteiger partial charge on any atom is -0.496 e. The van der Waals surface area contributed by atoms with Gasteiger partial charge in [0.2, 0.25) is 5.78 Å². The molecule has 7 nitrogen and oxygen atoms in total. The Balaban J connectivity index is 1.87. The van der Waals surface area contributed by atoms with Crippen molar-refractivity contribution < 1.29 is 22.3 Å². The molecule has 0 bridgehead atoms. The first-order chi connectivity index (χ1) is 13.7. The van der Waals surface area contributed by atoms with Crippen LogP contribution in [-0.4, -0.2) is 26.3 Å². The van der Waals surface area contributed by atoms with Gasteiger partial charge < -0.3 is 9.72 Å². The molecule has 1 aromatic heterocycles. The second kappa shape index (κ2) is 8.06. The first kappa shape index (κ1) is 20.6. The van der Waals surface area contributed by atoms with E-state index in [0.717, 1.165) is 11.6 Å². The Kier molecular flexibility index (Phi) is 5.71. The van der Waals surface area contributed by atoms with Crippen LogP contribution in [0.25, 0.3) is 0 Å². The van der Waals surface area contributed by atoms with Crippen LogP contribution >= 0.6 is 0 Å². The number of aromatic amines is 1. The zero-order valence-corrected chi connectivity index (χ0v) is 16.6. The number of hydrogen-bond donors (Lipinski definition) is 3. The molecule has 2 aromatic carbocycles. The van der Waals surface area contributed by atoms with Crippen molar-refractivity contribution in [1.82, 2.24) is 4.98 Å². The first-order valence-corrected chi connectivity index (χ1v) is 10.2. The number of ether oxygens (including phenoxy) is 1. The summed E-state index contributed by atoms with van der Waals surface area (Å²) in [7, 11) is -2.41. The third-order valence-corrected chi connectivity index (χ3v) is 5.02. The van der Waals surface area contributed by atoms with E-state index in [2.05, 4.69) is 9.71 Å². The Morgan fingerprint density at radius 3 is 2.45 bits per heavy atom. The normalized spacial score (nSPS) is 12.4. The maximum atomic E-state index is 14.6. The van der Waals surface area contributed by atoms with Gasteiger partial charge in [-0.05, 0) is 29.8 Å². The number of anilines is 1. The molecule has 0 aliphatic carbocycles. The highest BCUT2D eigenvalue weighted by Crippen LogP contribution is 2.29. The highest BCUT2D eigenvalue weighted by atomic mass is 32.2. The molecule has 0 fully saturated rings. The number of rotatable bonds is 7. The van der Waals surface area contributed by atoms with E-state index in [0.29, 0.717) is 17.0 Å². The molecule has 0 aliphatic rings. The molecule has 0 saturated carbocycles. The Morgan fingerprint density at radius 2 is 1.83 bits per heavy atom. The molecule has 4 N–H and O–H groups in total. The smallest absolute Gasteiger partial charge is 0.296 e. The van der Waals surface area contributed by atoms with Crippen LogP contribution in [0.15, 0.2) is 54.6 Å². The van der Waals surface area contributed by atoms with Crippen molar-refractivity contribution in [3.05, 3.63) is 82.9 Å². The zero-order chi connectivity index (χ0) is 21.2.